The first-order valence-electron chi connectivity index (χ1n) is 7.70. The average Bonchev–Trinajstić information content (AvgIpc) is 3.17. The van der Waals surface area contributed by atoms with Crippen molar-refractivity contribution in [3.63, 3.8) is 0 Å². The summed E-state index contributed by atoms with van der Waals surface area (Å²) in [7, 11) is 1.88. The Morgan fingerprint density at radius 1 is 1.48 bits per heavy atom. The molecule has 0 bridgehead atoms. The molecule has 1 heterocycles. The van der Waals surface area contributed by atoms with Crippen molar-refractivity contribution in [1.82, 2.24) is 9.78 Å². The molecule has 23 heavy (non-hydrogen) atoms. The van der Waals surface area contributed by atoms with Crippen molar-refractivity contribution in [3.05, 3.63) is 41.2 Å². The number of halogens is 1. The summed E-state index contributed by atoms with van der Waals surface area (Å²) in [5, 5.41) is 7.61. The van der Waals surface area contributed by atoms with Gasteiger partial charge in [0.25, 0.3) is 0 Å². The molecule has 1 N–H and O–H groups in total. The summed E-state index contributed by atoms with van der Waals surface area (Å²) in [6, 6.07) is 5.37. The molecule has 1 aromatic heterocycles. The van der Waals surface area contributed by atoms with Crippen molar-refractivity contribution in [2.75, 3.05) is 5.32 Å². The number of ether oxygens (including phenoxy) is 1. The fraction of sp³-hybridized carbons (Fsp3) is 0.412. The highest BCUT2D eigenvalue weighted by Gasteiger charge is 2.44. The third-order valence-corrected chi connectivity index (χ3v) is 4.16. The van der Waals surface area contributed by atoms with Crippen molar-refractivity contribution in [1.29, 1.82) is 0 Å². The number of carbonyl (C=O) groups excluding carboxylic acids is 1. The Hall–Kier alpha value is -2.01. The predicted octanol–water partition coefficient (Wildman–Crippen LogP) is 3.60. The molecule has 1 fully saturated rings. The zero-order chi connectivity index (χ0) is 16.6. The number of aryl methyl sites for hydroxylation is 1. The lowest BCUT2D eigenvalue weighted by Gasteiger charge is -2.16. The van der Waals surface area contributed by atoms with E-state index in [2.05, 4.69) is 10.4 Å². The fourth-order valence-electron chi connectivity index (χ4n) is 2.67. The van der Waals surface area contributed by atoms with Crippen LogP contribution in [0.15, 0.2) is 30.6 Å². The lowest BCUT2D eigenvalue weighted by molar-refractivity contribution is -0.117. The van der Waals surface area contributed by atoms with Crippen LogP contribution in [0.3, 0.4) is 0 Å². The molecule has 1 aliphatic carbocycles. The van der Waals surface area contributed by atoms with Gasteiger partial charge in [-0.3, -0.25) is 9.48 Å². The smallest absolute Gasteiger partial charge is 0.228 e. The Labute approximate surface area is 140 Å². The molecular weight excluding hydrogens is 314 g/mol. The quantitative estimate of drug-likeness (QED) is 0.909. The number of anilines is 1. The Morgan fingerprint density at radius 2 is 2.26 bits per heavy atom. The van der Waals surface area contributed by atoms with E-state index in [0.29, 0.717) is 16.5 Å². The number of benzene rings is 1. The number of rotatable bonds is 5. The van der Waals surface area contributed by atoms with Gasteiger partial charge in [0, 0.05) is 19.2 Å². The zero-order valence-electron chi connectivity index (χ0n) is 13.4. The number of carbonyl (C=O) groups is 1. The summed E-state index contributed by atoms with van der Waals surface area (Å²) < 4.78 is 7.49. The Balaban J connectivity index is 1.71. The van der Waals surface area contributed by atoms with Gasteiger partial charge in [0.05, 0.1) is 23.0 Å². The highest BCUT2D eigenvalue weighted by Crippen LogP contribution is 2.48. The molecule has 0 radical (unpaired) electrons. The number of nitrogens with zero attached hydrogens (tertiary/aromatic N) is 2. The van der Waals surface area contributed by atoms with Gasteiger partial charge >= 0.3 is 0 Å². The van der Waals surface area contributed by atoms with Crippen LogP contribution in [-0.2, 0) is 11.8 Å². The van der Waals surface area contributed by atoms with Gasteiger partial charge in [0.15, 0.2) is 5.75 Å². The van der Waals surface area contributed by atoms with E-state index in [1.165, 1.54) is 0 Å². The molecule has 2 aromatic rings. The highest BCUT2D eigenvalue weighted by molar-refractivity contribution is 6.32. The average molecular weight is 334 g/mol. The number of hydrogen-bond donors (Lipinski definition) is 1. The topological polar surface area (TPSA) is 56.1 Å². The normalized spacial score (nSPS) is 19.7. The first-order valence-corrected chi connectivity index (χ1v) is 8.08. The van der Waals surface area contributed by atoms with E-state index in [1.807, 2.05) is 39.4 Å². The van der Waals surface area contributed by atoms with E-state index >= 15 is 0 Å². The van der Waals surface area contributed by atoms with Crippen molar-refractivity contribution >= 4 is 23.2 Å². The van der Waals surface area contributed by atoms with Crippen LogP contribution in [0, 0.1) is 5.92 Å². The maximum absolute atomic E-state index is 12.5. The molecule has 0 spiro atoms. The van der Waals surface area contributed by atoms with Crippen LogP contribution in [-0.4, -0.2) is 21.8 Å². The van der Waals surface area contributed by atoms with Crippen molar-refractivity contribution in [2.24, 2.45) is 13.0 Å². The van der Waals surface area contributed by atoms with Crippen molar-refractivity contribution < 1.29 is 9.53 Å². The molecule has 1 aliphatic rings. The molecule has 0 aliphatic heterocycles. The first kappa shape index (κ1) is 15.9. The minimum atomic E-state index is -0.0231. The Kier molecular flexibility index (Phi) is 4.31. The molecule has 2 atom stereocenters. The minimum absolute atomic E-state index is 0.00488. The van der Waals surface area contributed by atoms with Crippen LogP contribution < -0.4 is 10.1 Å². The van der Waals surface area contributed by atoms with Crippen LogP contribution in [0.5, 0.6) is 5.75 Å². The molecule has 3 rings (SSSR count). The third kappa shape index (κ3) is 3.50. The molecule has 6 heteroatoms. The van der Waals surface area contributed by atoms with Gasteiger partial charge in [0.2, 0.25) is 5.91 Å². The molecule has 0 unspecified atom stereocenters. The number of para-hydroxylation sites is 1. The second-order valence-electron chi connectivity index (χ2n) is 6.17. The van der Waals surface area contributed by atoms with Crippen LogP contribution in [0.4, 0.5) is 5.69 Å². The van der Waals surface area contributed by atoms with E-state index in [1.54, 1.807) is 16.8 Å². The number of aromatic nitrogens is 2. The van der Waals surface area contributed by atoms with E-state index in [-0.39, 0.29) is 23.8 Å². The van der Waals surface area contributed by atoms with Gasteiger partial charge in [-0.2, -0.15) is 5.10 Å². The minimum Gasteiger partial charge on any atom is -0.487 e. The van der Waals surface area contributed by atoms with E-state index in [4.69, 9.17) is 16.3 Å². The van der Waals surface area contributed by atoms with Gasteiger partial charge in [0.1, 0.15) is 0 Å². The maximum Gasteiger partial charge on any atom is 0.228 e. The summed E-state index contributed by atoms with van der Waals surface area (Å²) in [5.41, 5.74) is 1.73. The van der Waals surface area contributed by atoms with Gasteiger partial charge in [-0.05, 0) is 43.9 Å². The Bertz CT molecular complexity index is 726. The lowest BCUT2D eigenvalue weighted by atomic mass is 10.2. The largest absolute Gasteiger partial charge is 0.487 e. The predicted molar refractivity (Wildman–Crippen MR) is 89.9 cm³/mol. The molecule has 1 amide bonds. The van der Waals surface area contributed by atoms with Crippen LogP contribution in [0.1, 0.15) is 31.7 Å². The summed E-state index contributed by atoms with van der Waals surface area (Å²) >= 11 is 6.19. The monoisotopic (exact) mass is 333 g/mol. The maximum atomic E-state index is 12.5. The third-order valence-electron chi connectivity index (χ3n) is 3.86. The highest BCUT2D eigenvalue weighted by atomic mass is 35.5. The number of nitrogens with one attached hydrogen (secondary N) is 1. The number of amides is 1. The van der Waals surface area contributed by atoms with Crippen molar-refractivity contribution in [2.45, 2.75) is 32.3 Å². The molecule has 1 aromatic carbocycles. The van der Waals surface area contributed by atoms with Gasteiger partial charge < -0.3 is 10.1 Å². The standard InChI is InChI=1S/C17H20ClN3O2/c1-10(2)23-16-14(18)5-4-6-15(16)20-17(22)13-7-12(13)11-8-19-21(3)9-11/h4-6,8-10,12-13H,7H2,1-3H3,(H,20,22)/t12-,13-/m0/s1. The molecular formula is C17H20ClN3O2. The first-order chi connectivity index (χ1) is 11.0. The summed E-state index contributed by atoms with van der Waals surface area (Å²) in [4.78, 5) is 12.5. The van der Waals surface area contributed by atoms with E-state index < -0.39 is 0 Å². The van der Waals surface area contributed by atoms with Gasteiger partial charge in [-0.15, -0.1) is 0 Å². The Morgan fingerprint density at radius 3 is 2.91 bits per heavy atom. The zero-order valence-corrected chi connectivity index (χ0v) is 14.2. The molecule has 122 valence electrons. The summed E-state index contributed by atoms with van der Waals surface area (Å²) in [6.45, 7) is 3.85. The van der Waals surface area contributed by atoms with Gasteiger partial charge in [-0.25, -0.2) is 0 Å². The molecule has 5 nitrogen and oxygen atoms in total. The van der Waals surface area contributed by atoms with E-state index in [0.717, 1.165) is 12.0 Å². The number of hydrogen-bond acceptors (Lipinski definition) is 3. The van der Waals surface area contributed by atoms with Crippen LogP contribution in [0.2, 0.25) is 5.02 Å². The second-order valence-corrected chi connectivity index (χ2v) is 6.58. The molecule has 1 saturated carbocycles. The van der Waals surface area contributed by atoms with Crippen molar-refractivity contribution in [3.8, 4) is 5.75 Å². The summed E-state index contributed by atoms with van der Waals surface area (Å²) in [6.07, 6.45) is 4.61. The fourth-order valence-corrected chi connectivity index (χ4v) is 2.89. The SMILES string of the molecule is CC(C)Oc1c(Cl)cccc1NC(=O)[C@H]1C[C@H]1c1cnn(C)c1. The van der Waals surface area contributed by atoms with E-state index in [9.17, 15) is 4.79 Å². The molecule has 0 saturated heterocycles. The summed E-state index contributed by atoms with van der Waals surface area (Å²) in [5.74, 6) is 0.744. The van der Waals surface area contributed by atoms with Gasteiger partial charge in [-0.1, -0.05) is 17.7 Å². The van der Waals surface area contributed by atoms with Crippen LogP contribution >= 0.6 is 11.6 Å². The lowest BCUT2D eigenvalue weighted by Crippen LogP contribution is -2.16. The second kappa shape index (κ2) is 6.24. The van der Waals surface area contributed by atoms with Crippen LogP contribution in [0.25, 0.3) is 0 Å².